The van der Waals surface area contributed by atoms with Crippen LogP contribution < -0.4 is 5.48 Å². The number of methoxy groups -OCH3 is 2. The highest BCUT2D eigenvalue weighted by Crippen LogP contribution is 2.43. The Morgan fingerprint density at radius 3 is 1.64 bits per heavy atom. The molecule has 0 radical (unpaired) electrons. The van der Waals surface area contributed by atoms with Gasteiger partial charge in [-0.15, -0.1) is 4.91 Å². The fourth-order valence-electron chi connectivity index (χ4n) is 6.11. The molecule has 12 nitrogen and oxygen atoms in total. The second-order valence-electron chi connectivity index (χ2n) is 10.9. The molecule has 3 aromatic rings. The number of piperidine rings is 2. The zero-order valence-corrected chi connectivity index (χ0v) is 25.3. The third kappa shape index (κ3) is 5.64. The summed E-state index contributed by atoms with van der Waals surface area (Å²) in [6.45, 7) is 2.60. The van der Waals surface area contributed by atoms with E-state index in [0.717, 1.165) is 0 Å². The molecule has 2 N–H and O–H groups in total. The van der Waals surface area contributed by atoms with Crippen molar-refractivity contribution >= 4 is 53.0 Å². The summed E-state index contributed by atoms with van der Waals surface area (Å²) in [6, 6.07) is 8.59. The van der Waals surface area contributed by atoms with Gasteiger partial charge in [0.05, 0.1) is 15.5 Å². The first-order valence-corrected chi connectivity index (χ1v) is 16.8. The van der Waals surface area contributed by atoms with Crippen molar-refractivity contribution in [2.75, 3.05) is 59.1 Å². The van der Waals surface area contributed by atoms with E-state index in [1.165, 1.54) is 45.0 Å². The first-order valence-electron chi connectivity index (χ1n) is 13.9. The number of benzene rings is 3. The van der Waals surface area contributed by atoms with Crippen molar-refractivity contribution in [3.63, 3.8) is 0 Å². The van der Waals surface area contributed by atoms with Gasteiger partial charge in [-0.2, -0.15) is 8.61 Å². The lowest BCUT2D eigenvalue weighted by molar-refractivity contribution is 0.121. The molecule has 2 aliphatic heterocycles. The smallest absolute Gasteiger partial charge is 0.243 e. The number of nitroso groups, excluding NO2 is 1. The maximum Gasteiger partial charge on any atom is 0.243 e. The van der Waals surface area contributed by atoms with E-state index < -0.39 is 20.0 Å². The molecule has 0 amide bonds. The van der Waals surface area contributed by atoms with Crippen molar-refractivity contribution < 1.29 is 31.5 Å². The maximum absolute atomic E-state index is 13.5. The van der Waals surface area contributed by atoms with Gasteiger partial charge < -0.3 is 9.47 Å². The molecule has 0 atom stereocenters. The molecule has 0 aromatic heterocycles. The van der Waals surface area contributed by atoms with Crippen molar-refractivity contribution in [1.29, 1.82) is 0 Å². The number of nitrogens with zero attached hydrogens (tertiary/aromatic N) is 3. The van der Waals surface area contributed by atoms with Gasteiger partial charge in [0, 0.05) is 75.2 Å². The zero-order valence-electron chi connectivity index (χ0n) is 23.7. The predicted molar refractivity (Wildman–Crippen MR) is 159 cm³/mol. The second kappa shape index (κ2) is 12.5. The third-order valence-corrected chi connectivity index (χ3v) is 12.3. The van der Waals surface area contributed by atoms with Gasteiger partial charge in [-0.3, -0.25) is 10.7 Å². The van der Waals surface area contributed by atoms with E-state index >= 15 is 0 Å². The molecule has 42 heavy (non-hydrogen) atoms. The first-order chi connectivity index (χ1) is 20.1. The van der Waals surface area contributed by atoms with Gasteiger partial charge in [0.2, 0.25) is 20.0 Å². The summed E-state index contributed by atoms with van der Waals surface area (Å²) in [4.78, 5) is 12.2. The Labute approximate surface area is 245 Å². The molecule has 3 aromatic carbocycles. The Hall–Kier alpha value is -2.72. The van der Waals surface area contributed by atoms with Crippen LogP contribution in [0.2, 0.25) is 0 Å². The Bertz CT molecular complexity index is 1680. The van der Waals surface area contributed by atoms with Gasteiger partial charge >= 0.3 is 0 Å². The maximum atomic E-state index is 13.5. The van der Waals surface area contributed by atoms with Crippen LogP contribution in [0.3, 0.4) is 0 Å². The van der Waals surface area contributed by atoms with Gasteiger partial charge in [0.25, 0.3) is 0 Å². The molecule has 14 heteroatoms. The monoisotopic (exact) mass is 620 g/mol. The van der Waals surface area contributed by atoms with E-state index in [1.54, 1.807) is 14.2 Å². The summed E-state index contributed by atoms with van der Waals surface area (Å²) in [6.07, 6.45) is 2.73. The average molecular weight is 621 g/mol. The first kappa shape index (κ1) is 30.7. The van der Waals surface area contributed by atoms with Crippen LogP contribution >= 0.6 is 0 Å². The molecule has 0 saturated carbocycles. The topological polar surface area (TPSA) is 155 Å². The SMILES string of the molecule is COCC1CCN(S(=O)(=O)c2ccc3c(NO)c4cc(S(=O)(=O)N5CCC(COC)CC5)ccc4c(N=O)c3c2)CC1. The standard InChI is InChI=1S/C28H36N4O8S2/c1-39-17-19-7-11-31(12-8-19)41(35,36)21-3-5-23-25(15-21)27(29-33)24-6-4-22(16-26(24)28(23)30-34)42(37,38)32-13-9-20(10-14-32)18-40-2/h3-6,15-16,19-20,29,33H,7-14,17-18H2,1-2H3. The summed E-state index contributed by atoms with van der Waals surface area (Å²) in [5, 5.41) is 14.5. The number of nitrogens with one attached hydrogen (secondary N) is 1. The van der Waals surface area contributed by atoms with Crippen LogP contribution in [-0.2, 0) is 29.5 Å². The molecule has 2 heterocycles. The van der Waals surface area contributed by atoms with Crippen LogP contribution in [0.25, 0.3) is 21.5 Å². The van der Waals surface area contributed by atoms with Gasteiger partial charge in [0.15, 0.2) is 0 Å². The van der Waals surface area contributed by atoms with Crippen molar-refractivity contribution in [3.05, 3.63) is 41.3 Å². The Morgan fingerprint density at radius 1 is 0.762 bits per heavy atom. The molecular formula is C28H36N4O8S2. The van der Waals surface area contributed by atoms with E-state index in [2.05, 4.69) is 10.7 Å². The van der Waals surface area contributed by atoms with Crippen molar-refractivity contribution in [1.82, 2.24) is 8.61 Å². The van der Waals surface area contributed by atoms with E-state index in [1.807, 2.05) is 0 Å². The molecule has 0 spiro atoms. The molecular weight excluding hydrogens is 584 g/mol. The number of hydrogen-bond acceptors (Lipinski definition) is 10. The minimum absolute atomic E-state index is 0.00408. The molecule has 0 unspecified atom stereocenters. The fourth-order valence-corrected chi connectivity index (χ4v) is 9.10. The van der Waals surface area contributed by atoms with E-state index in [4.69, 9.17) is 9.47 Å². The Morgan fingerprint density at radius 2 is 1.21 bits per heavy atom. The third-order valence-electron chi connectivity index (χ3n) is 8.46. The number of hydrogen-bond donors (Lipinski definition) is 2. The lowest BCUT2D eigenvalue weighted by Crippen LogP contribution is -2.39. The van der Waals surface area contributed by atoms with E-state index in [-0.39, 0.29) is 37.3 Å². The zero-order chi connectivity index (χ0) is 30.1. The Balaban J connectivity index is 1.54. The second-order valence-corrected chi connectivity index (χ2v) is 14.8. The number of ether oxygens (including phenoxy) is 2. The molecule has 0 bridgehead atoms. The number of anilines is 1. The highest BCUT2D eigenvalue weighted by Gasteiger charge is 2.32. The van der Waals surface area contributed by atoms with Crippen LogP contribution in [0.4, 0.5) is 11.4 Å². The van der Waals surface area contributed by atoms with E-state index in [0.29, 0.717) is 82.3 Å². The van der Waals surface area contributed by atoms with Crippen LogP contribution in [0.15, 0.2) is 51.4 Å². The quantitative estimate of drug-likeness (QED) is 0.192. The van der Waals surface area contributed by atoms with E-state index in [9.17, 15) is 26.9 Å². The molecule has 2 aliphatic rings. The molecule has 228 valence electrons. The van der Waals surface area contributed by atoms with Crippen molar-refractivity contribution in [3.8, 4) is 0 Å². The minimum Gasteiger partial charge on any atom is -0.384 e. The van der Waals surface area contributed by atoms with Gasteiger partial charge in [0.1, 0.15) is 5.69 Å². The number of fused-ring (bicyclic) bond motifs is 2. The Kier molecular flexibility index (Phi) is 9.13. The van der Waals surface area contributed by atoms with Crippen molar-refractivity contribution in [2.45, 2.75) is 35.5 Å². The van der Waals surface area contributed by atoms with Gasteiger partial charge in [-0.25, -0.2) is 16.8 Å². The number of rotatable bonds is 10. The van der Waals surface area contributed by atoms with Gasteiger partial charge in [-0.1, -0.05) is 12.1 Å². The summed E-state index contributed by atoms with van der Waals surface area (Å²) in [7, 11) is -4.46. The molecule has 2 fully saturated rings. The van der Waals surface area contributed by atoms with Crippen molar-refractivity contribution in [2.24, 2.45) is 17.0 Å². The summed E-state index contributed by atoms with van der Waals surface area (Å²) < 4.78 is 67.4. The summed E-state index contributed by atoms with van der Waals surface area (Å²) in [5.41, 5.74) is 2.25. The molecule has 0 aliphatic carbocycles. The highest BCUT2D eigenvalue weighted by molar-refractivity contribution is 7.89. The van der Waals surface area contributed by atoms with Crippen LogP contribution in [0.1, 0.15) is 25.7 Å². The average Bonchev–Trinajstić information content (AvgIpc) is 3.00. The molecule has 5 rings (SSSR count). The fraction of sp³-hybridized carbons (Fsp3) is 0.500. The predicted octanol–water partition coefficient (Wildman–Crippen LogP) is 4.29. The number of sulfonamides is 2. The van der Waals surface area contributed by atoms with Crippen LogP contribution in [-0.4, -0.2) is 84.3 Å². The summed E-state index contributed by atoms with van der Waals surface area (Å²) >= 11 is 0. The minimum atomic E-state index is -3.86. The lowest BCUT2D eigenvalue weighted by Gasteiger charge is -2.31. The van der Waals surface area contributed by atoms with Crippen LogP contribution in [0.5, 0.6) is 0 Å². The van der Waals surface area contributed by atoms with Crippen LogP contribution in [0, 0.1) is 16.7 Å². The lowest BCUT2D eigenvalue weighted by atomic mass is 9.99. The largest absolute Gasteiger partial charge is 0.384 e. The normalized spacial score (nSPS) is 18.5. The van der Waals surface area contributed by atoms with Gasteiger partial charge in [-0.05, 0) is 67.0 Å². The highest BCUT2D eigenvalue weighted by atomic mass is 32.2. The summed E-state index contributed by atoms with van der Waals surface area (Å²) in [5.74, 6) is 0.594. The molecule has 2 saturated heterocycles.